The lowest BCUT2D eigenvalue weighted by atomic mass is 10.3. The molecule has 25 heavy (non-hydrogen) atoms. The molecule has 0 radical (unpaired) electrons. The van der Waals surface area contributed by atoms with Crippen molar-refractivity contribution < 1.29 is 14.3 Å². The molecule has 1 aliphatic rings. The number of carbonyl (C=O) groups excluding carboxylic acids is 2. The van der Waals surface area contributed by atoms with Gasteiger partial charge in [-0.1, -0.05) is 0 Å². The highest BCUT2D eigenvalue weighted by atomic mass is 32.1. The van der Waals surface area contributed by atoms with Crippen LogP contribution in [0.25, 0.3) is 0 Å². The molecule has 1 fully saturated rings. The number of nitrogens with zero attached hydrogens (tertiary/aromatic N) is 2. The van der Waals surface area contributed by atoms with E-state index in [9.17, 15) is 9.59 Å². The van der Waals surface area contributed by atoms with E-state index in [0.29, 0.717) is 26.2 Å². The second-order valence-electron chi connectivity index (χ2n) is 5.69. The monoisotopic (exact) mass is 359 g/mol. The normalized spacial score (nSPS) is 14.0. The Balaban J connectivity index is 1.53. The molecule has 1 aromatic heterocycles. The molecule has 1 saturated heterocycles. The zero-order valence-corrected chi connectivity index (χ0v) is 14.9. The van der Waals surface area contributed by atoms with E-state index in [2.05, 4.69) is 5.32 Å². The van der Waals surface area contributed by atoms with Crippen LogP contribution >= 0.6 is 11.3 Å². The van der Waals surface area contributed by atoms with Crippen molar-refractivity contribution in [3.8, 4) is 5.75 Å². The second kappa shape index (κ2) is 8.02. The zero-order chi connectivity index (χ0) is 17.6. The van der Waals surface area contributed by atoms with Gasteiger partial charge in [0.1, 0.15) is 12.3 Å². The first-order chi connectivity index (χ1) is 12.2. The van der Waals surface area contributed by atoms with Gasteiger partial charge in [-0.2, -0.15) is 11.3 Å². The molecule has 6 nitrogen and oxygen atoms in total. The first-order valence-electron chi connectivity index (χ1n) is 8.24. The van der Waals surface area contributed by atoms with Crippen molar-refractivity contribution >= 4 is 29.0 Å². The average molecular weight is 359 g/mol. The fourth-order valence-electron chi connectivity index (χ4n) is 2.68. The number of benzene rings is 1. The lowest BCUT2D eigenvalue weighted by Crippen LogP contribution is -2.39. The van der Waals surface area contributed by atoms with E-state index in [-0.39, 0.29) is 18.5 Å². The first kappa shape index (κ1) is 17.3. The maximum Gasteiger partial charge on any atom is 0.325 e. The summed E-state index contributed by atoms with van der Waals surface area (Å²) in [6.07, 6.45) is 0. The van der Waals surface area contributed by atoms with Crippen LogP contribution in [-0.4, -0.2) is 43.1 Å². The van der Waals surface area contributed by atoms with E-state index in [4.69, 9.17) is 4.74 Å². The topological polar surface area (TPSA) is 61.9 Å². The van der Waals surface area contributed by atoms with E-state index in [0.717, 1.165) is 17.0 Å². The number of hydrogen-bond donors (Lipinski definition) is 1. The van der Waals surface area contributed by atoms with Crippen LogP contribution in [0.15, 0.2) is 41.1 Å². The molecule has 3 rings (SSSR count). The van der Waals surface area contributed by atoms with Crippen LogP contribution in [-0.2, 0) is 11.3 Å². The summed E-state index contributed by atoms with van der Waals surface area (Å²) in [6, 6.07) is 9.26. The second-order valence-corrected chi connectivity index (χ2v) is 6.47. The number of rotatable bonds is 7. The van der Waals surface area contributed by atoms with E-state index in [1.165, 1.54) is 0 Å². The molecule has 0 atom stereocenters. The van der Waals surface area contributed by atoms with E-state index in [1.54, 1.807) is 21.1 Å². The third-order valence-electron chi connectivity index (χ3n) is 3.96. The number of nitrogens with one attached hydrogen (secondary N) is 1. The van der Waals surface area contributed by atoms with Crippen molar-refractivity contribution in [3.05, 3.63) is 46.7 Å². The Bertz CT molecular complexity index is 716. The van der Waals surface area contributed by atoms with Crippen LogP contribution in [0.2, 0.25) is 0 Å². The Hall–Kier alpha value is -2.54. The predicted octanol–water partition coefficient (Wildman–Crippen LogP) is 2.71. The van der Waals surface area contributed by atoms with Gasteiger partial charge in [0, 0.05) is 25.3 Å². The van der Waals surface area contributed by atoms with Crippen molar-refractivity contribution in [3.63, 3.8) is 0 Å². The fraction of sp³-hybridized carbons (Fsp3) is 0.333. The van der Waals surface area contributed by atoms with Crippen LogP contribution in [0.1, 0.15) is 12.5 Å². The minimum Gasteiger partial charge on any atom is -0.494 e. The Kier molecular flexibility index (Phi) is 5.55. The number of amides is 3. The Morgan fingerprint density at radius 1 is 1.24 bits per heavy atom. The molecule has 0 spiro atoms. The summed E-state index contributed by atoms with van der Waals surface area (Å²) in [5.41, 5.74) is 1.89. The smallest absolute Gasteiger partial charge is 0.325 e. The van der Waals surface area contributed by atoms with Crippen LogP contribution in [0.3, 0.4) is 0 Å². The molecule has 132 valence electrons. The van der Waals surface area contributed by atoms with Crippen LogP contribution in [0, 0.1) is 0 Å². The van der Waals surface area contributed by atoms with Gasteiger partial charge in [0.2, 0.25) is 5.91 Å². The van der Waals surface area contributed by atoms with Gasteiger partial charge in [-0.15, -0.1) is 0 Å². The van der Waals surface area contributed by atoms with Gasteiger partial charge in [0.05, 0.1) is 6.61 Å². The largest absolute Gasteiger partial charge is 0.494 e. The quantitative estimate of drug-likeness (QED) is 0.827. The summed E-state index contributed by atoms with van der Waals surface area (Å²) in [5, 5.41) is 6.81. The molecule has 0 saturated carbocycles. The van der Waals surface area contributed by atoms with Gasteiger partial charge in [-0.05, 0) is 53.6 Å². The molecular formula is C18H21N3O3S. The number of ether oxygens (including phenoxy) is 1. The van der Waals surface area contributed by atoms with Crippen molar-refractivity contribution in [2.75, 3.05) is 31.1 Å². The third-order valence-corrected chi connectivity index (χ3v) is 4.69. The van der Waals surface area contributed by atoms with Gasteiger partial charge in [0.25, 0.3) is 0 Å². The van der Waals surface area contributed by atoms with E-state index < -0.39 is 0 Å². The summed E-state index contributed by atoms with van der Waals surface area (Å²) in [5.74, 6) is 0.635. The summed E-state index contributed by atoms with van der Waals surface area (Å²) in [7, 11) is 0. The zero-order valence-electron chi connectivity index (χ0n) is 14.1. The van der Waals surface area contributed by atoms with E-state index >= 15 is 0 Å². The van der Waals surface area contributed by atoms with Crippen LogP contribution < -0.4 is 15.0 Å². The fourth-order valence-corrected chi connectivity index (χ4v) is 3.35. The highest BCUT2D eigenvalue weighted by molar-refractivity contribution is 7.07. The number of urea groups is 1. The Labute approximate surface area is 151 Å². The molecule has 7 heteroatoms. The molecule has 1 N–H and O–H groups in total. The van der Waals surface area contributed by atoms with Crippen molar-refractivity contribution in [2.24, 2.45) is 0 Å². The molecule has 2 aromatic rings. The van der Waals surface area contributed by atoms with Gasteiger partial charge in [0.15, 0.2) is 0 Å². The summed E-state index contributed by atoms with van der Waals surface area (Å²) < 4.78 is 5.42. The lowest BCUT2D eigenvalue weighted by Gasteiger charge is -2.18. The number of anilines is 1. The molecule has 0 unspecified atom stereocenters. The molecule has 3 amide bonds. The lowest BCUT2D eigenvalue weighted by molar-refractivity contribution is -0.121. The third kappa shape index (κ3) is 4.30. The molecule has 1 aromatic carbocycles. The van der Waals surface area contributed by atoms with Crippen molar-refractivity contribution in [1.82, 2.24) is 10.2 Å². The maximum absolute atomic E-state index is 12.5. The number of thiophene rings is 1. The number of hydrogen-bond acceptors (Lipinski definition) is 4. The van der Waals surface area contributed by atoms with Crippen molar-refractivity contribution in [1.29, 1.82) is 0 Å². The van der Waals surface area contributed by atoms with E-state index in [1.807, 2.05) is 48.0 Å². The minimum absolute atomic E-state index is 0.0799. The molecule has 2 heterocycles. The van der Waals surface area contributed by atoms with Gasteiger partial charge >= 0.3 is 6.03 Å². The Morgan fingerprint density at radius 2 is 2.04 bits per heavy atom. The first-order valence-corrected chi connectivity index (χ1v) is 9.18. The predicted molar refractivity (Wildman–Crippen MR) is 98.1 cm³/mol. The summed E-state index contributed by atoms with van der Waals surface area (Å²) in [6.45, 7) is 4.22. The number of carbonyl (C=O) groups is 2. The minimum atomic E-state index is -0.145. The van der Waals surface area contributed by atoms with Gasteiger partial charge in [-0.3, -0.25) is 9.69 Å². The SMILES string of the molecule is CCOc1ccc(N2CCN(CC(=O)NCc3ccsc3)C2=O)cc1. The maximum atomic E-state index is 12.5. The summed E-state index contributed by atoms with van der Waals surface area (Å²) >= 11 is 1.59. The van der Waals surface area contributed by atoms with Gasteiger partial charge in [-0.25, -0.2) is 4.79 Å². The standard InChI is InChI=1S/C18H21N3O3S/c1-2-24-16-5-3-15(4-6-16)21-9-8-20(18(21)23)12-17(22)19-11-14-7-10-25-13-14/h3-7,10,13H,2,8-9,11-12H2,1H3,(H,19,22). The molecule has 0 aliphatic carbocycles. The summed E-state index contributed by atoms with van der Waals surface area (Å²) in [4.78, 5) is 27.8. The van der Waals surface area contributed by atoms with Gasteiger partial charge < -0.3 is 15.0 Å². The molecule has 1 aliphatic heterocycles. The van der Waals surface area contributed by atoms with Crippen LogP contribution in [0.4, 0.5) is 10.5 Å². The van der Waals surface area contributed by atoms with Crippen molar-refractivity contribution in [2.45, 2.75) is 13.5 Å². The Morgan fingerprint density at radius 3 is 2.72 bits per heavy atom. The highest BCUT2D eigenvalue weighted by Crippen LogP contribution is 2.23. The molecule has 0 bridgehead atoms. The average Bonchev–Trinajstić information content (AvgIpc) is 3.25. The highest BCUT2D eigenvalue weighted by Gasteiger charge is 2.30. The van der Waals surface area contributed by atoms with Crippen LogP contribution in [0.5, 0.6) is 5.75 Å². The molecular weight excluding hydrogens is 338 g/mol.